The number of hydrogen-bond donors (Lipinski definition) is 1. The van der Waals surface area contributed by atoms with Crippen molar-refractivity contribution >= 4 is 46.8 Å². The number of carbonyl (C=O) groups excluding carboxylic acids is 2. The molecule has 0 atom stereocenters. The third kappa shape index (κ3) is 6.21. The molecule has 136 valence electrons. The molecule has 2 aromatic rings. The van der Waals surface area contributed by atoms with Crippen molar-refractivity contribution in [2.24, 2.45) is 0 Å². The van der Waals surface area contributed by atoms with Crippen molar-refractivity contribution in [2.75, 3.05) is 11.9 Å². The van der Waals surface area contributed by atoms with Crippen LogP contribution in [0.2, 0.25) is 10.0 Å². The molecule has 0 aliphatic rings. The molecule has 2 rings (SSSR count). The van der Waals surface area contributed by atoms with Crippen molar-refractivity contribution in [1.82, 2.24) is 0 Å². The Morgan fingerprint density at radius 3 is 2.65 bits per heavy atom. The topological polar surface area (TPSA) is 55.4 Å². The van der Waals surface area contributed by atoms with E-state index in [4.69, 9.17) is 27.9 Å². The Morgan fingerprint density at radius 1 is 1.12 bits per heavy atom. The van der Waals surface area contributed by atoms with Crippen molar-refractivity contribution in [1.29, 1.82) is 0 Å². The highest BCUT2D eigenvalue weighted by Gasteiger charge is 2.08. The van der Waals surface area contributed by atoms with E-state index in [1.807, 2.05) is 6.92 Å². The number of rotatable bonds is 7. The Kier molecular flexibility index (Phi) is 7.70. The molecule has 0 aliphatic carbocycles. The summed E-state index contributed by atoms with van der Waals surface area (Å²) in [6.45, 7) is 2.41. The highest BCUT2D eigenvalue weighted by atomic mass is 35.5. The largest absolute Gasteiger partial charge is 0.462 e. The third-order valence-electron chi connectivity index (χ3n) is 3.47. The van der Waals surface area contributed by atoms with Gasteiger partial charge in [0, 0.05) is 11.8 Å². The molecular formula is C20H19Cl2NO3. The quantitative estimate of drug-likeness (QED) is 0.379. The van der Waals surface area contributed by atoms with Crippen molar-refractivity contribution < 1.29 is 14.3 Å². The minimum atomic E-state index is -0.402. The number of unbranched alkanes of at least 4 members (excludes halogenated alkanes) is 1. The molecular weight excluding hydrogens is 373 g/mol. The van der Waals surface area contributed by atoms with Crippen molar-refractivity contribution in [2.45, 2.75) is 19.8 Å². The molecule has 0 saturated heterocycles. The van der Waals surface area contributed by atoms with Gasteiger partial charge in [0.15, 0.2) is 0 Å². The van der Waals surface area contributed by atoms with Crippen LogP contribution in [-0.2, 0) is 9.53 Å². The van der Waals surface area contributed by atoms with Crippen LogP contribution in [0, 0.1) is 0 Å². The number of esters is 1. The van der Waals surface area contributed by atoms with Gasteiger partial charge in [-0.15, -0.1) is 0 Å². The number of hydrogen-bond acceptors (Lipinski definition) is 3. The lowest BCUT2D eigenvalue weighted by atomic mass is 10.2. The molecule has 0 unspecified atom stereocenters. The fourth-order valence-corrected chi connectivity index (χ4v) is 2.39. The van der Waals surface area contributed by atoms with Gasteiger partial charge in [-0.2, -0.15) is 0 Å². The predicted octanol–water partition coefficient (Wildman–Crippen LogP) is 5.60. The second-order valence-corrected chi connectivity index (χ2v) is 6.38. The number of benzene rings is 2. The van der Waals surface area contributed by atoms with Crippen LogP contribution in [0.4, 0.5) is 5.69 Å². The van der Waals surface area contributed by atoms with Crippen molar-refractivity contribution in [3.05, 3.63) is 69.7 Å². The first-order valence-corrected chi connectivity index (χ1v) is 8.96. The number of nitrogens with one attached hydrogen (secondary N) is 1. The summed E-state index contributed by atoms with van der Waals surface area (Å²) in [5.74, 6) is -0.728. The number of anilines is 1. The first kappa shape index (κ1) is 20.0. The van der Waals surface area contributed by atoms with Crippen LogP contribution >= 0.6 is 23.2 Å². The van der Waals surface area contributed by atoms with Gasteiger partial charge in [0.05, 0.1) is 22.2 Å². The Bertz CT molecular complexity index is 818. The molecule has 2 aromatic carbocycles. The van der Waals surface area contributed by atoms with Crippen LogP contribution in [-0.4, -0.2) is 18.5 Å². The van der Waals surface area contributed by atoms with E-state index in [9.17, 15) is 9.59 Å². The van der Waals surface area contributed by atoms with E-state index in [0.29, 0.717) is 27.9 Å². The van der Waals surface area contributed by atoms with Crippen LogP contribution in [0.25, 0.3) is 6.08 Å². The first-order valence-electron chi connectivity index (χ1n) is 8.21. The summed E-state index contributed by atoms with van der Waals surface area (Å²) in [7, 11) is 0. The van der Waals surface area contributed by atoms with E-state index in [2.05, 4.69) is 5.32 Å². The smallest absolute Gasteiger partial charge is 0.338 e. The van der Waals surface area contributed by atoms with Gasteiger partial charge in [0.25, 0.3) is 0 Å². The summed E-state index contributed by atoms with van der Waals surface area (Å²) in [6.07, 6.45) is 4.78. The van der Waals surface area contributed by atoms with E-state index >= 15 is 0 Å². The van der Waals surface area contributed by atoms with Crippen LogP contribution in [0.5, 0.6) is 0 Å². The number of halogens is 2. The second-order valence-electron chi connectivity index (χ2n) is 5.57. The summed E-state index contributed by atoms with van der Waals surface area (Å²) in [5, 5.41) is 3.58. The zero-order valence-corrected chi connectivity index (χ0v) is 15.8. The average molecular weight is 392 g/mol. The molecule has 1 N–H and O–H groups in total. The van der Waals surface area contributed by atoms with Gasteiger partial charge in [-0.1, -0.05) is 48.7 Å². The Labute approximate surface area is 162 Å². The van der Waals surface area contributed by atoms with Gasteiger partial charge in [0.2, 0.25) is 5.91 Å². The van der Waals surface area contributed by atoms with E-state index in [1.165, 1.54) is 6.08 Å². The number of ether oxygens (including phenoxy) is 1. The molecule has 0 bridgehead atoms. The number of carbonyl (C=O) groups is 2. The summed E-state index contributed by atoms with van der Waals surface area (Å²) in [5.41, 5.74) is 1.66. The van der Waals surface area contributed by atoms with Gasteiger partial charge in [-0.25, -0.2) is 4.79 Å². The lowest BCUT2D eigenvalue weighted by molar-refractivity contribution is -0.111. The Balaban J connectivity index is 1.98. The minimum Gasteiger partial charge on any atom is -0.462 e. The van der Waals surface area contributed by atoms with Gasteiger partial charge in [-0.05, 0) is 48.4 Å². The number of amides is 1. The maximum absolute atomic E-state index is 12.1. The van der Waals surface area contributed by atoms with Crippen LogP contribution < -0.4 is 5.32 Å². The SMILES string of the molecule is CCCCOC(=O)c1cccc(NC(=O)C=Cc2ccc(Cl)c(Cl)c2)c1. The summed E-state index contributed by atoms with van der Waals surface area (Å²) in [4.78, 5) is 24.0. The molecule has 0 aromatic heterocycles. The molecule has 0 spiro atoms. The van der Waals surface area contributed by atoms with Crippen LogP contribution in [0.15, 0.2) is 48.5 Å². The normalized spacial score (nSPS) is 10.7. The Hall–Kier alpha value is -2.30. The van der Waals surface area contributed by atoms with Crippen LogP contribution in [0.3, 0.4) is 0 Å². The maximum Gasteiger partial charge on any atom is 0.338 e. The van der Waals surface area contributed by atoms with Crippen molar-refractivity contribution in [3.63, 3.8) is 0 Å². The summed E-state index contributed by atoms with van der Waals surface area (Å²) in [6, 6.07) is 11.7. The van der Waals surface area contributed by atoms with Crippen LogP contribution in [0.1, 0.15) is 35.7 Å². The Morgan fingerprint density at radius 2 is 1.92 bits per heavy atom. The van der Waals surface area contributed by atoms with E-state index in [0.717, 1.165) is 18.4 Å². The lowest BCUT2D eigenvalue weighted by Gasteiger charge is -2.06. The zero-order valence-electron chi connectivity index (χ0n) is 14.3. The van der Waals surface area contributed by atoms with Gasteiger partial charge in [-0.3, -0.25) is 4.79 Å². The van der Waals surface area contributed by atoms with Crippen molar-refractivity contribution in [3.8, 4) is 0 Å². The summed E-state index contributed by atoms with van der Waals surface area (Å²) < 4.78 is 5.17. The molecule has 0 radical (unpaired) electrons. The third-order valence-corrected chi connectivity index (χ3v) is 4.21. The molecule has 0 saturated carbocycles. The molecule has 0 aliphatic heterocycles. The molecule has 26 heavy (non-hydrogen) atoms. The average Bonchev–Trinajstić information content (AvgIpc) is 2.63. The maximum atomic E-state index is 12.1. The fourth-order valence-electron chi connectivity index (χ4n) is 2.09. The standard InChI is InChI=1S/C20H19Cl2NO3/c1-2-3-11-26-20(25)15-5-4-6-16(13-15)23-19(24)10-8-14-7-9-17(21)18(22)12-14/h4-10,12-13H,2-3,11H2,1H3,(H,23,24). The van der Waals surface area contributed by atoms with Gasteiger partial charge >= 0.3 is 5.97 Å². The monoisotopic (exact) mass is 391 g/mol. The van der Waals surface area contributed by atoms with Gasteiger partial charge < -0.3 is 10.1 Å². The highest BCUT2D eigenvalue weighted by molar-refractivity contribution is 6.42. The highest BCUT2D eigenvalue weighted by Crippen LogP contribution is 2.23. The lowest BCUT2D eigenvalue weighted by Crippen LogP contribution is -2.10. The fraction of sp³-hybridized carbons (Fsp3) is 0.200. The van der Waals surface area contributed by atoms with E-state index < -0.39 is 5.97 Å². The minimum absolute atomic E-state index is 0.326. The second kappa shape index (κ2) is 10.00. The van der Waals surface area contributed by atoms with E-state index in [-0.39, 0.29) is 5.91 Å². The zero-order chi connectivity index (χ0) is 18.9. The van der Waals surface area contributed by atoms with Gasteiger partial charge in [0.1, 0.15) is 0 Å². The molecule has 0 heterocycles. The first-order chi connectivity index (χ1) is 12.5. The summed E-state index contributed by atoms with van der Waals surface area (Å²) >= 11 is 11.8. The molecule has 4 nitrogen and oxygen atoms in total. The predicted molar refractivity (Wildman–Crippen MR) is 106 cm³/mol. The molecule has 1 amide bonds. The van der Waals surface area contributed by atoms with E-state index in [1.54, 1.807) is 48.5 Å². The molecule has 0 fully saturated rings. The molecule has 6 heteroatoms.